The number of nitrogens with zero attached hydrogens (tertiary/aromatic N) is 2. The Balaban J connectivity index is 2.19. The molecule has 0 fully saturated rings. The van der Waals surface area contributed by atoms with Gasteiger partial charge in [-0.05, 0) is 55.3 Å². The Bertz CT molecular complexity index is 1550. The van der Waals surface area contributed by atoms with Gasteiger partial charge in [-0.1, -0.05) is 19.1 Å². The lowest BCUT2D eigenvalue weighted by Crippen LogP contribution is -2.52. The third-order valence-corrected chi connectivity index (χ3v) is 8.64. The zero-order valence-electron chi connectivity index (χ0n) is 25.6. The fraction of sp³-hybridized carbons (Fsp3) is 0.355. The number of amides is 2. The van der Waals surface area contributed by atoms with Gasteiger partial charge in [-0.25, -0.2) is 12.8 Å². The number of carbonyl (C=O) groups excluding carboxylic acids is 2. The molecule has 0 saturated carbocycles. The lowest BCUT2D eigenvalue weighted by molar-refractivity contribution is -0.140. The van der Waals surface area contributed by atoms with Gasteiger partial charge in [-0.15, -0.1) is 0 Å². The highest BCUT2D eigenvalue weighted by molar-refractivity contribution is 7.92. The minimum atomic E-state index is -4.47. The normalized spacial score (nSPS) is 11.7. The van der Waals surface area contributed by atoms with E-state index >= 15 is 0 Å². The van der Waals surface area contributed by atoms with Crippen LogP contribution in [0.2, 0.25) is 0 Å². The number of anilines is 1. The van der Waals surface area contributed by atoms with Crippen molar-refractivity contribution in [1.82, 2.24) is 10.2 Å². The van der Waals surface area contributed by atoms with Gasteiger partial charge in [0.1, 0.15) is 29.9 Å². The Labute approximate surface area is 257 Å². The Hall–Kier alpha value is -4.52. The molecular formula is C31H38FN3O8S. The molecule has 238 valence electrons. The molecule has 44 heavy (non-hydrogen) atoms. The number of carbonyl (C=O) groups is 2. The van der Waals surface area contributed by atoms with Crippen LogP contribution in [0.15, 0.2) is 65.6 Å². The molecule has 0 aromatic heterocycles. The molecule has 13 heteroatoms. The average Bonchev–Trinajstić information content (AvgIpc) is 3.03. The second-order valence-electron chi connectivity index (χ2n) is 9.53. The number of halogens is 1. The molecule has 2 amide bonds. The number of sulfonamides is 1. The van der Waals surface area contributed by atoms with Crippen LogP contribution in [0.5, 0.6) is 23.0 Å². The summed E-state index contributed by atoms with van der Waals surface area (Å²) in [5.74, 6) is -0.593. The van der Waals surface area contributed by atoms with Gasteiger partial charge in [0, 0.05) is 25.2 Å². The van der Waals surface area contributed by atoms with Crippen molar-refractivity contribution in [2.45, 2.75) is 37.8 Å². The van der Waals surface area contributed by atoms with Crippen LogP contribution in [-0.4, -0.2) is 72.7 Å². The van der Waals surface area contributed by atoms with Crippen molar-refractivity contribution in [3.8, 4) is 23.0 Å². The fourth-order valence-corrected chi connectivity index (χ4v) is 6.04. The van der Waals surface area contributed by atoms with Gasteiger partial charge in [0.05, 0.1) is 39.0 Å². The van der Waals surface area contributed by atoms with E-state index in [0.29, 0.717) is 23.6 Å². The average molecular weight is 632 g/mol. The molecule has 0 saturated heterocycles. The van der Waals surface area contributed by atoms with Crippen molar-refractivity contribution in [3.05, 3.63) is 72.0 Å². The number of hydrogen-bond donors (Lipinski definition) is 1. The molecule has 1 N–H and O–H groups in total. The van der Waals surface area contributed by atoms with Gasteiger partial charge < -0.3 is 29.2 Å². The highest BCUT2D eigenvalue weighted by Gasteiger charge is 2.35. The summed E-state index contributed by atoms with van der Waals surface area (Å²) in [5.41, 5.74) is 0.582. The summed E-state index contributed by atoms with van der Waals surface area (Å²) in [6.45, 7) is 3.04. The summed E-state index contributed by atoms with van der Waals surface area (Å²) in [6, 6.07) is 13.2. The standard InChI is InChI=1S/C31H38FN3O8S/c1-7-25(31(37)33-8-2)34(19-21-9-11-22(32)12-10-21)30(36)20-35(26-17-23(40-3)13-15-27(26)41-4)44(38,39)24-14-16-28(42-5)29(18-24)43-6/h9-18,25H,7-8,19-20H2,1-6H3,(H,33,37)/t25-/m0/s1. The summed E-state index contributed by atoms with van der Waals surface area (Å²) < 4.78 is 64.7. The first-order valence-corrected chi connectivity index (χ1v) is 15.3. The van der Waals surface area contributed by atoms with Crippen molar-refractivity contribution in [3.63, 3.8) is 0 Å². The summed E-state index contributed by atoms with van der Waals surface area (Å²) in [4.78, 5) is 28.4. The molecule has 0 aliphatic heterocycles. The minimum Gasteiger partial charge on any atom is -0.497 e. The summed E-state index contributed by atoms with van der Waals surface area (Å²) >= 11 is 0. The predicted octanol–water partition coefficient (Wildman–Crippen LogP) is 4.00. The van der Waals surface area contributed by atoms with Crippen molar-refractivity contribution >= 4 is 27.5 Å². The van der Waals surface area contributed by atoms with Crippen LogP contribution in [-0.2, 0) is 26.2 Å². The Morgan fingerprint density at radius 3 is 2.05 bits per heavy atom. The van der Waals surface area contributed by atoms with Gasteiger partial charge in [0.25, 0.3) is 10.0 Å². The van der Waals surface area contributed by atoms with E-state index in [1.54, 1.807) is 19.9 Å². The first kappa shape index (κ1) is 34.0. The molecule has 0 aliphatic carbocycles. The number of likely N-dealkylation sites (N-methyl/N-ethyl adjacent to an activating group) is 1. The summed E-state index contributed by atoms with van der Waals surface area (Å²) in [5, 5.41) is 2.74. The zero-order valence-corrected chi connectivity index (χ0v) is 26.4. The Morgan fingerprint density at radius 2 is 1.48 bits per heavy atom. The summed E-state index contributed by atoms with van der Waals surface area (Å²) in [6.07, 6.45) is 0.240. The maximum atomic E-state index is 14.3. The molecule has 0 aliphatic rings. The number of nitrogens with one attached hydrogen (secondary N) is 1. The molecule has 0 unspecified atom stereocenters. The van der Waals surface area contributed by atoms with Crippen molar-refractivity contribution < 1.29 is 41.3 Å². The molecule has 3 aromatic rings. The molecule has 3 rings (SSSR count). The first-order chi connectivity index (χ1) is 21.0. The third kappa shape index (κ3) is 7.70. The maximum Gasteiger partial charge on any atom is 0.265 e. The lowest BCUT2D eigenvalue weighted by Gasteiger charge is -2.33. The van der Waals surface area contributed by atoms with Crippen LogP contribution in [0.4, 0.5) is 10.1 Å². The monoisotopic (exact) mass is 631 g/mol. The topological polar surface area (TPSA) is 124 Å². The maximum absolute atomic E-state index is 14.3. The van der Waals surface area contributed by atoms with Crippen molar-refractivity contribution in [2.75, 3.05) is 45.8 Å². The van der Waals surface area contributed by atoms with Crippen molar-refractivity contribution in [2.24, 2.45) is 0 Å². The molecule has 0 spiro atoms. The molecular weight excluding hydrogens is 593 g/mol. The largest absolute Gasteiger partial charge is 0.497 e. The fourth-order valence-electron chi connectivity index (χ4n) is 4.61. The van der Waals surface area contributed by atoms with Gasteiger partial charge >= 0.3 is 0 Å². The Morgan fingerprint density at radius 1 is 0.841 bits per heavy atom. The molecule has 3 aromatic carbocycles. The lowest BCUT2D eigenvalue weighted by atomic mass is 10.1. The van der Waals surface area contributed by atoms with Crippen molar-refractivity contribution in [1.29, 1.82) is 0 Å². The number of methoxy groups -OCH3 is 4. The van der Waals surface area contributed by atoms with Crippen LogP contribution >= 0.6 is 0 Å². The smallest absolute Gasteiger partial charge is 0.265 e. The van der Waals surface area contributed by atoms with Gasteiger partial charge in [0.2, 0.25) is 11.8 Å². The summed E-state index contributed by atoms with van der Waals surface area (Å²) in [7, 11) is 1.12. The van der Waals surface area contributed by atoms with E-state index in [-0.39, 0.29) is 35.0 Å². The molecule has 1 atom stereocenters. The highest BCUT2D eigenvalue weighted by Crippen LogP contribution is 2.37. The number of rotatable bonds is 15. The van der Waals surface area contributed by atoms with E-state index in [0.717, 1.165) is 4.31 Å². The van der Waals surface area contributed by atoms with Crippen LogP contribution < -0.4 is 28.6 Å². The van der Waals surface area contributed by atoms with E-state index < -0.39 is 40.2 Å². The SMILES string of the molecule is CCNC(=O)[C@H](CC)N(Cc1ccc(F)cc1)C(=O)CN(c1cc(OC)ccc1OC)S(=O)(=O)c1ccc(OC)c(OC)c1. The van der Waals surface area contributed by atoms with Crippen LogP contribution in [0, 0.1) is 5.82 Å². The molecule has 0 heterocycles. The van der Waals surface area contributed by atoms with Gasteiger partial charge in [0.15, 0.2) is 11.5 Å². The van der Waals surface area contributed by atoms with E-state index in [1.807, 2.05) is 0 Å². The van der Waals surface area contributed by atoms with Crippen LogP contribution in [0.25, 0.3) is 0 Å². The van der Waals surface area contributed by atoms with Gasteiger partial charge in [-0.2, -0.15) is 0 Å². The number of benzene rings is 3. The molecule has 0 bridgehead atoms. The van der Waals surface area contributed by atoms with Crippen LogP contribution in [0.1, 0.15) is 25.8 Å². The van der Waals surface area contributed by atoms with E-state index in [4.69, 9.17) is 18.9 Å². The van der Waals surface area contributed by atoms with Gasteiger partial charge in [-0.3, -0.25) is 13.9 Å². The number of hydrogen-bond acceptors (Lipinski definition) is 8. The van der Waals surface area contributed by atoms with Crippen LogP contribution in [0.3, 0.4) is 0 Å². The van der Waals surface area contributed by atoms with E-state index in [2.05, 4.69) is 5.32 Å². The minimum absolute atomic E-state index is 0.0303. The molecule has 11 nitrogen and oxygen atoms in total. The number of ether oxygens (including phenoxy) is 4. The van der Waals surface area contributed by atoms with E-state index in [1.165, 1.54) is 87.9 Å². The first-order valence-electron chi connectivity index (χ1n) is 13.8. The predicted molar refractivity (Wildman–Crippen MR) is 163 cm³/mol. The second kappa shape index (κ2) is 15.3. The second-order valence-corrected chi connectivity index (χ2v) is 11.4. The molecule has 0 radical (unpaired) electrons. The Kier molecular flexibility index (Phi) is 11.8. The quantitative estimate of drug-likeness (QED) is 0.267. The van der Waals surface area contributed by atoms with E-state index in [9.17, 15) is 22.4 Å². The highest BCUT2D eigenvalue weighted by atomic mass is 32.2. The zero-order chi connectivity index (χ0) is 32.4. The third-order valence-electron chi connectivity index (χ3n) is 6.88.